The fraction of sp³-hybridized carbons (Fsp3) is 0.304. The molecule has 0 unspecified atom stereocenters. The van der Waals surface area contributed by atoms with E-state index in [9.17, 15) is 9.59 Å². The molecule has 1 saturated heterocycles. The van der Waals surface area contributed by atoms with Gasteiger partial charge >= 0.3 is 0 Å². The average molecular weight is 362 g/mol. The summed E-state index contributed by atoms with van der Waals surface area (Å²) in [5.74, 6) is 0.250. The molecule has 27 heavy (non-hydrogen) atoms. The fourth-order valence-corrected chi connectivity index (χ4v) is 3.15. The first kappa shape index (κ1) is 18.9. The van der Waals surface area contributed by atoms with E-state index in [1.165, 1.54) is 0 Å². The molecule has 0 radical (unpaired) electrons. The van der Waals surface area contributed by atoms with E-state index in [0.29, 0.717) is 17.2 Å². The van der Waals surface area contributed by atoms with E-state index in [4.69, 9.17) is 0 Å². The molecule has 4 heteroatoms. The van der Waals surface area contributed by atoms with Gasteiger partial charge < -0.3 is 10.2 Å². The van der Waals surface area contributed by atoms with Gasteiger partial charge in [0.1, 0.15) is 5.70 Å². The van der Waals surface area contributed by atoms with Crippen LogP contribution in [0, 0.1) is 12.8 Å². The zero-order valence-corrected chi connectivity index (χ0v) is 15.9. The molecule has 0 aliphatic carbocycles. The van der Waals surface area contributed by atoms with Crippen molar-refractivity contribution in [3.8, 4) is 0 Å². The van der Waals surface area contributed by atoms with E-state index in [-0.39, 0.29) is 11.8 Å². The second-order valence-corrected chi connectivity index (χ2v) is 7.26. The molecule has 0 spiro atoms. The summed E-state index contributed by atoms with van der Waals surface area (Å²) in [4.78, 5) is 27.6. The number of likely N-dealkylation sites (tertiary alicyclic amines) is 1. The Kier molecular flexibility index (Phi) is 6.07. The van der Waals surface area contributed by atoms with Crippen LogP contribution in [0.3, 0.4) is 0 Å². The Hall–Kier alpha value is -2.88. The summed E-state index contributed by atoms with van der Waals surface area (Å²) >= 11 is 0. The molecule has 140 valence electrons. The number of hydrogen-bond donors (Lipinski definition) is 1. The van der Waals surface area contributed by atoms with Crippen LogP contribution in [-0.4, -0.2) is 29.8 Å². The monoisotopic (exact) mass is 362 g/mol. The number of carbonyl (C=O) groups excluding carboxylic acids is 2. The lowest BCUT2D eigenvalue weighted by molar-refractivity contribution is -0.128. The van der Waals surface area contributed by atoms with Crippen LogP contribution in [0.2, 0.25) is 0 Å². The van der Waals surface area contributed by atoms with Crippen molar-refractivity contribution in [2.45, 2.75) is 26.7 Å². The van der Waals surface area contributed by atoms with Crippen LogP contribution in [0.4, 0.5) is 0 Å². The maximum Gasteiger partial charge on any atom is 0.270 e. The highest BCUT2D eigenvalue weighted by atomic mass is 16.2. The number of amides is 2. The molecule has 2 aromatic carbocycles. The molecular formula is C23H26N2O2. The van der Waals surface area contributed by atoms with Crippen LogP contribution < -0.4 is 5.32 Å². The molecule has 1 fully saturated rings. The Balaban J connectivity index is 1.83. The number of hydrogen-bond acceptors (Lipinski definition) is 2. The zero-order valence-electron chi connectivity index (χ0n) is 15.9. The van der Waals surface area contributed by atoms with E-state index in [1.807, 2.05) is 54.3 Å². The Bertz CT molecular complexity index is 817. The number of carbonyl (C=O) groups is 2. The molecule has 1 N–H and O–H groups in total. The Morgan fingerprint density at radius 2 is 1.63 bits per heavy atom. The SMILES string of the molecule is Cc1ccc(C(=O)N/C(=C\c2ccccc2)C(=O)N2CCC(C)CC2)cc1. The first-order chi connectivity index (χ1) is 13.0. The van der Waals surface area contributed by atoms with Crippen molar-refractivity contribution < 1.29 is 9.59 Å². The van der Waals surface area contributed by atoms with Gasteiger partial charge in [-0.15, -0.1) is 0 Å². The van der Waals surface area contributed by atoms with Gasteiger partial charge in [-0.3, -0.25) is 9.59 Å². The number of piperidine rings is 1. The standard InChI is InChI=1S/C23H26N2O2/c1-17-8-10-20(11-9-17)22(26)24-21(16-19-6-4-3-5-7-19)23(27)25-14-12-18(2)13-15-25/h3-11,16,18H,12-15H2,1-2H3,(H,24,26)/b21-16-. The van der Waals surface area contributed by atoms with Gasteiger partial charge in [0.05, 0.1) is 0 Å². The fourth-order valence-electron chi connectivity index (χ4n) is 3.15. The summed E-state index contributed by atoms with van der Waals surface area (Å²) in [5.41, 5.74) is 2.83. The summed E-state index contributed by atoms with van der Waals surface area (Å²) in [5, 5.41) is 2.84. The minimum Gasteiger partial charge on any atom is -0.337 e. The van der Waals surface area contributed by atoms with Gasteiger partial charge in [-0.1, -0.05) is 55.0 Å². The molecule has 3 rings (SSSR count). The second kappa shape index (κ2) is 8.67. The van der Waals surface area contributed by atoms with Crippen LogP contribution in [0.15, 0.2) is 60.3 Å². The molecule has 0 saturated carbocycles. The number of aryl methyl sites for hydroxylation is 1. The smallest absolute Gasteiger partial charge is 0.270 e. The summed E-state index contributed by atoms with van der Waals surface area (Å²) in [6.07, 6.45) is 3.75. The number of rotatable bonds is 4. The maximum absolute atomic E-state index is 13.1. The van der Waals surface area contributed by atoms with Gasteiger partial charge in [-0.25, -0.2) is 0 Å². The molecule has 2 amide bonds. The van der Waals surface area contributed by atoms with Crippen molar-refractivity contribution in [2.24, 2.45) is 5.92 Å². The van der Waals surface area contributed by atoms with E-state index in [2.05, 4.69) is 12.2 Å². The lowest BCUT2D eigenvalue weighted by atomic mass is 9.99. The lowest BCUT2D eigenvalue weighted by Crippen LogP contribution is -2.42. The summed E-state index contributed by atoms with van der Waals surface area (Å²) in [6, 6.07) is 16.9. The predicted octanol–water partition coefficient (Wildman–Crippen LogP) is 4.02. The first-order valence-corrected chi connectivity index (χ1v) is 9.47. The highest BCUT2D eigenvalue weighted by Gasteiger charge is 2.24. The largest absolute Gasteiger partial charge is 0.337 e. The molecule has 0 atom stereocenters. The summed E-state index contributed by atoms with van der Waals surface area (Å²) in [6.45, 7) is 5.64. The number of benzene rings is 2. The molecule has 0 bridgehead atoms. The van der Waals surface area contributed by atoms with Crippen molar-refractivity contribution >= 4 is 17.9 Å². The zero-order chi connectivity index (χ0) is 19.2. The highest BCUT2D eigenvalue weighted by molar-refractivity contribution is 6.05. The number of nitrogens with zero attached hydrogens (tertiary/aromatic N) is 1. The molecular weight excluding hydrogens is 336 g/mol. The Morgan fingerprint density at radius 3 is 2.26 bits per heavy atom. The maximum atomic E-state index is 13.1. The van der Waals surface area contributed by atoms with E-state index in [0.717, 1.165) is 37.1 Å². The quantitative estimate of drug-likeness (QED) is 0.835. The topological polar surface area (TPSA) is 49.4 Å². The number of nitrogens with one attached hydrogen (secondary N) is 1. The summed E-state index contributed by atoms with van der Waals surface area (Å²) < 4.78 is 0. The van der Waals surface area contributed by atoms with E-state index < -0.39 is 0 Å². The third-order valence-corrected chi connectivity index (χ3v) is 4.97. The van der Waals surface area contributed by atoms with Crippen molar-refractivity contribution in [1.29, 1.82) is 0 Å². The Morgan fingerprint density at radius 1 is 1.00 bits per heavy atom. The van der Waals surface area contributed by atoms with E-state index in [1.54, 1.807) is 18.2 Å². The second-order valence-electron chi connectivity index (χ2n) is 7.26. The third-order valence-electron chi connectivity index (χ3n) is 4.97. The third kappa shape index (κ3) is 5.07. The molecule has 1 aliphatic rings. The molecule has 2 aromatic rings. The van der Waals surface area contributed by atoms with Crippen molar-refractivity contribution in [3.05, 3.63) is 77.0 Å². The van der Waals surface area contributed by atoms with Crippen LogP contribution in [-0.2, 0) is 4.79 Å². The predicted molar refractivity (Wildman–Crippen MR) is 108 cm³/mol. The lowest BCUT2D eigenvalue weighted by Gasteiger charge is -2.31. The minimum absolute atomic E-state index is 0.119. The Labute approximate surface area is 160 Å². The van der Waals surface area contributed by atoms with Gasteiger partial charge in [-0.2, -0.15) is 0 Å². The van der Waals surface area contributed by atoms with Crippen LogP contribution in [0.1, 0.15) is 41.3 Å². The average Bonchev–Trinajstić information content (AvgIpc) is 2.69. The van der Waals surface area contributed by atoms with Gasteiger partial charge in [-0.05, 0) is 49.5 Å². The van der Waals surface area contributed by atoms with Gasteiger partial charge in [0.2, 0.25) is 0 Å². The van der Waals surface area contributed by atoms with Gasteiger partial charge in [0, 0.05) is 18.7 Å². The van der Waals surface area contributed by atoms with Crippen LogP contribution in [0.25, 0.3) is 6.08 Å². The van der Waals surface area contributed by atoms with Gasteiger partial charge in [0.25, 0.3) is 11.8 Å². The highest BCUT2D eigenvalue weighted by Crippen LogP contribution is 2.18. The first-order valence-electron chi connectivity index (χ1n) is 9.47. The molecule has 1 aliphatic heterocycles. The van der Waals surface area contributed by atoms with Crippen LogP contribution in [0.5, 0.6) is 0 Å². The van der Waals surface area contributed by atoms with Crippen molar-refractivity contribution in [3.63, 3.8) is 0 Å². The van der Waals surface area contributed by atoms with Crippen molar-refractivity contribution in [2.75, 3.05) is 13.1 Å². The molecule has 1 heterocycles. The molecule has 0 aromatic heterocycles. The molecule has 4 nitrogen and oxygen atoms in total. The summed E-state index contributed by atoms with van der Waals surface area (Å²) in [7, 11) is 0. The normalized spacial score (nSPS) is 15.5. The van der Waals surface area contributed by atoms with Crippen molar-refractivity contribution in [1.82, 2.24) is 10.2 Å². The van der Waals surface area contributed by atoms with E-state index >= 15 is 0 Å². The van der Waals surface area contributed by atoms with Gasteiger partial charge in [0.15, 0.2) is 0 Å². The minimum atomic E-state index is -0.268. The van der Waals surface area contributed by atoms with Crippen LogP contribution >= 0.6 is 0 Å².